The molecule has 112 valence electrons. The molecule has 4 aliphatic rings. The zero-order valence-corrected chi connectivity index (χ0v) is 12.1. The molecule has 4 bridgehead atoms. The van der Waals surface area contributed by atoms with E-state index in [0.717, 1.165) is 11.8 Å². The van der Waals surface area contributed by atoms with Gasteiger partial charge in [-0.15, -0.1) is 0 Å². The number of rotatable bonds is 2. The summed E-state index contributed by atoms with van der Waals surface area (Å²) < 4.78 is 5.87. The highest BCUT2D eigenvalue weighted by atomic mass is 16.5. The molecule has 0 saturated heterocycles. The van der Waals surface area contributed by atoms with Gasteiger partial charge in [0.1, 0.15) is 6.10 Å². The number of hydrogen-bond donors (Lipinski definition) is 2. The summed E-state index contributed by atoms with van der Waals surface area (Å²) in [5, 5.41) is 0. The third-order valence-corrected chi connectivity index (χ3v) is 5.60. The van der Waals surface area contributed by atoms with Gasteiger partial charge in [0.05, 0.1) is 5.56 Å². The van der Waals surface area contributed by atoms with Crippen LogP contribution in [0.2, 0.25) is 0 Å². The van der Waals surface area contributed by atoms with Crippen LogP contribution in [0.5, 0.6) is 0 Å². The lowest BCUT2D eigenvalue weighted by Gasteiger charge is -2.53. The van der Waals surface area contributed by atoms with Crippen molar-refractivity contribution in [2.75, 3.05) is 11.5 Å². The Hall–Kier alpha value is -1.71. The summed E-state index contributed by atoms with van der Waals surface area (Å²) in [5.41, 5.74) is 13.0. The first-order valence-electron chi connectivity index (χ1n) is 7.95. The summed E-state index contributed by atoms with van der Waals surface area (Å²) in [7, 11) is 0. The van der Waals surface area contributed by atoms with Crippen molar-refractivity contribution in [1.29, 1.82) is 0 Å². The number of anilines is 2. The van der Waals surface area contributed by atoms with Crippen molar-refractivity contribution < 1.29 is 9.53 Å². The second-order valence-electron chi connectivity index (χ2n) is 7.19. The minimum Gasteiger partial charge on any atom is -0.458 e. The predicted molar refractivity (Wildman–Crippen MR) is 81.5 cm³/mol. The third kappa shape index (κ3) is 2.27. The van der Waals surface area contributed by atoms with Crippen LogP contribution < -0.4 is 11.5 Å². The summed E-state index contributed by atoms with van der Waals surface area (Å²) in [5.74, 6) is 2.63. The van der Waals surface area contributed by atoms with E-state index in [0.29, 0.717) is 28.8 Å². The van der Waals surface area contributed by atoms with Crippen molar-refractivity contribution in [1.82, 2.24) is 0 Å². The first-order chi connectivity index (χ1) is 10.1. The van der Waals surface area contributed by atoms with Gasteiger partial charge in [-0.3, -0.25) is 0 Å². The number of nitrogens with two attached hydrogens (primary N) is 2. The number of nitrogen functional groups attached to an aromatic ring is 2. The lowest BCUT2D eigenvalue weighted by molar-refractivity contribution is -0.101. The van der Waals surface area contributed by atoms with E-state index in [1.54, 1.807) is 18.2 Å². The van der Waals surface area contributed by atoms with E-state index in [2.05, 4.69) is 0 Å². The number of carbonyl (C=O) groups excluding carboxylic acids is 1. The zero-order valence-electron chi connectivity index (χ0n) is 12.1. The first kappa shape index (κ1) is 13.0. The largest absolute Gasteiger partial charge is 0.458 e. The molecule has 0 heterocycles. The molecule has 21 heavy (non-hydrogen) atoms. The van der Waals surface area contributed by atoms with Gasteiger partial charge < -0.3 is 16.2 Å². The van der Waals surface area contributed by atoms with Gasteiger partial charge in [-0.25, -0.2) is 4.79 Å². The lowest BCUT2D eigenvalue weighted by atomic mass is 9.55. The summed E-state index contributed by atoms with van der Waals surface area (Å²) in [6, 6.07) is 4.95. The highest BCUT2D eigenvalue weighted by Gasteiger charge is 2.49. The van der Waals surface area contributed by atoms with Crippen LogP contribution in [0, 0.1) is 23.7 Å². The summed E-state index contributed by atoms with van der Waals surface area (Å²) >= 11 is 0. The Bertz CT molecular complexity index is 536. The molecule has 4 aliphatic carbocycles. The molecule has 0 aromatic heterocycles. The average molecular weight is 286 g/mol. The minimum atomic E-state index is -0.272. The monoisotopic (exact) mass is 286 g/mol. The zero-order chi connectivity index (χ0) is 14.6. The SMILES string of the molecule is Nc1cc(N)cc(C(=O)OC2C3CC4CC(C3)CC2C4)c1. The van der Waals surface area contributed by atoms with Crippen LogP contribution in [-0.2, 0) is 4.74 Å². The lowest BCUT2D eigenvalue weighted by Crippen LogP contribution is -2.50. The molecule has 0 aliphatic heterocycles. The number of ether oxygens (including phenoxy) is 1. The second-order valence-corrected chi connectivity index (χ2v) is 7.19. The Morgan fingerprint density at radius 2 is 1.43 bits per heavy atom. The molecular weight excluding hydrogens is 264 g/mol. The van der Waals surface area contributed by atoms with E-state index in [9.17, 15) is 4.79 Å². The van der Waals surface area contributed by atoms with E-state index in [1.165, 1.54) is 32.1 Å². The van der Waals surface area contributed by atoms with Gasteiger partial charge in [0, 0.05) is 11.4 Å². The van der Waals surface area contributed by atoms with Crippen molar-refractivity contribution in [2.24, 2.45) is 23.7 Å². The number of benzene rings is 1. The first-order valence-corrected chi connectivity index (χ1v) is 7.95. The standard InChI is InChI=1S/C17H22N2O2/c18-14-6-13(7-15(19)8-14)17(20)21-16-11-2-9-1-10(4-11)5-12(16)3-9/h6-12,16H,1-5,18-19H2. The fourth-order valence-electron chi connectivity index (χ4n) is 5.05. The third-order valence-electron chi connectivity index (χ3n) is 5.60. The summed E-state index contributed by atoms with van der Waals surface area (Å²) in [6.07, 6.45) is 6.47. The van der Waals surface area contributed by atoms with Gasteiger partial charge in [-0.2, -0.15) is 0 Å². The van der Waals surface area contributed by atoms with Gasteiger partial charge in [0.25, 0.3) is 0 Å². The molecule has 1 aromatic rings. The fraction of sp³-hybridized carbons (Fsp3) is 0.588. The summed E-state index contributed by atoms with van der Waals surface area (Å²) in [6.45, 7) is 0. The Morgan fingerprint density at radius 3 is 1.95 bits per heavy atom. The number of hydrogen-bond acceptors (Lipinski definition) is 4. The average Bonchev–Trinajstić information content (AvgIpc) is 2.40. The van der Waals surface area contributed by atoms with E-state index < -0.39 is 0 Å². The fourth-order valence-corrected chi connectivity index (χ4v) is 5.05. The molecule has 4 nitrogen and oxygen atoms in total. The number of carbonyl (C=O) groups is 1. The summed E-state index contributed by atoms with van der Waals surface area (Å²) in [4.78, 5) is 12.4. The van der Waals surface area contributed by atoms with Crippen molar-refractivity contribution in [3.8, 4) is 0 Å². The molecule has 1 aromatic carbocycles. The highest BCUT2D eigenvalue weighted by molar-refractivity contribution is 5.91. The van der Waals surface area contributed by atoms with Crippen LogP contribution in [-0.4, -0.2) is 12.1 Å². The maximum Gasteiger partial charge on any atom is 0.338 e. The van der Waals surface area contributed by atoms with Crippen molar-refractivity contribution >= 4 is 17.3 Å². The van der Waals surface area contributed by atoms with Crippen LogP contribution in [0.1, 0.15) is 42.5 Å². The van der Waals surface area contributed by atoms with Gasteiger partial charge in [0.15, 0.2) is 0 Å². The molecule has 5 rings (SSSR count). The van der Waals surface area contributed by atoms with E-state index in [1.807, 2.05) is 0 Å². The van der Waals surface area contributed by atoms with Crippen LogP contribution in [0.3, 0.4) is 0 Å². The molecule has 4 N–H and O–H groups in total. The molecule has 0 spiro atoms. The van der Waals surface area contributed by atoms with Crippen LogP contribution >= 0.6 is 0 Å². The van der Waals surface area contributed by atoms with Crippen LogP contribution in [0.15, 0.2) is 18.2 Å². The molecule has 4 saturated carbocycles. The van der Waals surface area contributed by atoms with Crippen LogP contribution in [0.4, 0.5) is 11.4 Å². The van der Waals surface area contributed by atoms with Gasteiger partial charge in [-0.1, -0.05) is 0 Å². The molecular formula is C17H22N2O2. The topological polar surface area (TPSA) is 78.3 Å². The van der Waals surface area contributed by atoms with E-state index >= 15 is 0 Å². The molecule has 4 fully saturated rings. The Balaban J connectivity index is 1.52. The van der Waals surface area contributed by atoms with Crippen LogP contribution in [0.25, 0.3) is 0 Å². The Morgan fingerprint density at radius 1 is 0.905 bits per heavy atom. The maximum atomic E-state index is 12.4. The van der Waals surface area contributed by atoms with Gasteiger partial charge in [-0.05, 0) is 74.0 Å². The van der Waals surface area contributed by atoms with Crippen molar-refractivity contribution in [3.05, 3.63) is 23.8 Å². The molecule has 0 unspecified atom stereocenters. The molecule has 0 amide bonds. The second kappa shape index (κ2) is 4.65. The number of esters is 1. The Kier molecular flexibility index (Phi) is 2.88. The Labute approximate surface area is 124 Å². The molecule has 0 radical (unpaired) electrons. The highest BCUT2D eigenvalue weighted by Crippen LogP contribution is 2.54. The maximum absolute atomic E-state index is 12.4. The minimum absolute atomic E-state index is 0.105. The normalized spacial score (nSPS) is 36.7. The van der Waals surface area contributed by atoms with Crippen molar-refractivity contribution in [3.63, 3.8) is 0 Å². The smallest absolute Gasteiger partial charge is 0.338 e. The molecule has 4 heteroatoms. The quantitative estimate of drug-likeness (QED) is 0.647. The predicted octanol–water partition coefficient (Wildman–Crippen LogP) is 2.83. The van der Waals surface area contributed by atoms with E-state index in [4.69, 9.17) is 16.2 Å². The van der Waals surface area contributed by atoms with Gasteiger partial charge in [0.2, 0.25) is 0 Å². The molecule has 0 atom stereocenters. The van der Waals surface area contributed by atoms with Crippen molar-refractivity contribution in [2.45, 2.75) is 38.2 Å². The van der Waals surface area contributed by atoms with Gasteiger partial charge >= 0.3 is 5.97 Å². The van der Waals surface area contributed by atoms with E-state index in [-0.39, 0.29) is 12.1 Å².